The highest BCUT2D eigenvalue weighted by Crippen LogP contribution is 2.23. The second kappa shape index (κ2) is 5.12. The Kier molecular flexibility index (Phi) is 3.78. The predicted octanol–water partition coefficient (Wildman–Crippen LogP) is 2.28. The summed E-state index contributed by atoms with van der Waals surface area (Å²) in [5.41, 5.74) is 7.55. The van der Waals surface area contributed by atoms with Crippen LogP contribution >= 0.6 is 28.1 Å². The summed E-state index contributed by atoms with van der Waals surface area (Å²) >= 11 is 8.45. The van der Waals surface area contributed by atoms with Crippen molar-refractivity contribution >= 4 is 38.8 Å². The minimum absolute atomic E-state index is 0.356. The predicted molar refractivity (Wildman–Crippen MR) is 72.9 cm³/mol. The Morgan fingerprint density at radius 1 is 1.56 bits per heavy atom. The average Bonchev–Trinajstić information content (AvgIpc) is 2.73. The molecule has 1 saturated heterocycles. The lowest BCUT2D eigenvalue weighted by Gasteiger charge is -2.15. The van der Waals surface area contributed by atoms with E-state index in [1.807, 2.05) is 18.2 Å². The van der Waals surface area contributed by atoms with Crippen LogP contribution in [0.4, 0.5) is 5.69 Å². The number of hydrogen-bond donors (Lipinski definition) is 2. The highest BCUT2D eigenvalue weighted by molar-refractivity contribution is 9.10. The molecule has 1 atom stereocenters. The number of halogens is 1. The van der Waals surface area contributed by atoms with Crippen LogP contribution in [-0.2, 0) is 4.74 Å². The van der Waals surface area contributed by atoms with Gasteiger partial charge in [-0.3, -0.25) is 0 Å². The average molecular weight is 301 g/mol. The third-order valence-electron chi connectivity index (χ3n) is 2.54. The van der Waals surface area contributed by atoms with Crippen molar-refractivity contribution in [3.8, 4) is 0 Å². The molecule has 86 valence electrons. The zero-order valence-corrected chi connectivity index (χ0v) is 11.1. The molecule has 0 radical (unpaired) electrons. The van der Waals surface area contributed by atoms with Crippen molar-refractivity contribution in [1.82, 2.24) is 0 Å². The standard InChI is InChI=1S/C11H13BrN2OS/c12-7-1-2-10(9(5-7)11(13)16)14-8-3-4-15-6-8/h1-2,5,8,14H,3-4,6H2,(H2,13,16). The molecular weight excluding hydrogens is 288 g/mol. The van der Waals surface area contributed by atoms with Crippen LogP contribution in [0, 0.1) is 0 Å². The fourth-order valence-electron chi connectivity index (χ4n) is 1.71. The van der Waals surface area contributed by atoms with Gasteiger partial charge in [-0.2, -0.15) is 0 Å². The van der Waals surface area contributed by atoms with Crippen molar-refractivity contribution in [3.05, 3.63) is 28.2 Å². The lowest BCUT2D eigenvalue weighted by molar-refractivity contribution is 0.195. The minimum Gasteiger partial charge on any atom is -0.389 e. The SMILES string of the molecule is NC(=S)c1cc(Br)ccc1NC1CCOC1. The van der Waals surface area contributed by atoms with E-state index in [1.165, 1.54) is 0 Å². The molecule has 0 saturated carbocycles. The summed E-state index contributed by atoms with van der Waals surface area (Å²) in [5, 5.41) is 3.40. The molecule has 5 heteroatoms. The molecule has 1 fully saturated rings. The fourth-order valence-corrected chi connectivity index (χ4v) is 2.24. The Balaban J connectivity index is 2.21. The molecular formula is C11H13BrN2OS. The first-order chi connectivity index (χ1) is 7.66. The summed E-state index contributed by atoms with van der Waals surface area (Å²) in [6.07, 6.45) is 1.02. The number of nitrogens with one attached hydrogen (secondary N) is 1. The summed E-state index contributed by atoms with van der Waals surface area (Å²) < 4.78 is 6.29. The van der Waals surface area contributed by atoms with Gasteiger partial charge in [0.05, 0.1) is 12.6 Å². The summed E-state index contributed by atoms with van der Waals surface area (Å²) in [4.78, 5) is 0.405. The maximum absolute atomic E-state index is 5.70. The van der Waals surface area contributed by atoms with E-state index in [0.29, 0.717) is 11.0 Å². The van der Waals surface area contributed by atoms with Crippen LogP contribution in [0.5, 0.6) is 0 Å². The van der Waals surface area contributed by atoms with E-state index >= 15 is 0 Å². The first-order valence-electron chi connectivity index (χ1n) is 5.10. The summed E-state index contributed by atoms with van der Waals surface area (Å²) in [6.45, 7) is 1.56. The Bertz CT molecular complexity index is 405. The zero-order chi connectivity index (χ0) is 11.5. The summed E-state index contributed by atoms with van der Waals surface area (Å²) in [7, 11) is 0. The highest BCUT2D eigenvalue weighted by Gasteiger charge is 2.17. The van der Waals surface area contributed by atoms with Gasteiger partial charge < -0.3 is 15.8 Å². The van der Waals surface area contributed by atoms with Crippen molar-refractivity contribution in [2.45, 2.75) is 12.5 Å². The van der Waals surface area contributed by atoms with Gasteiger partial charge in [-0.05, 0) is 24.6 Å². The van der Waals surface area contributed by atoms with Gasteiger partial charge in [-0.1, -0.05) is 28.1 Å². The lowest BCUT2D eigenvalue weighted by atomic mass is 10.1. The molecule has 0 spiro atoms. The maximum atomic E-state index is 5.70. The first-order valence-corrected chi connectivity index (χ1v) is 6.30. The number of benzene rings is 1. The lowest BCUT2D eigenvalue weighted by Crippen LogP contribution is -2.22. The summed E-state index contributed by atoms with van der Waals surface area (Å²) in [6, 6.07) is 6.24. The van der Waals surface area contributed by atoms with Gasteiger partial charge >= 0.3 is 0 Å². The van der Waals surface area contributed by atoms with Crippen molar-refractivity contribution in [1.29, 1.82) is 0 Å². The van der Waals surface area contributed by atoms with Crippen LogP contribution in [0.1, 0.15) is 12.0 Å². The Hall–Kier alpha value is -0.650. The van der Waals surface area contributed by atoms with Crippen molar-refractivity contribution in [2.24, 2.45) is 5.73 Å². The van der Waals surface area contributed by atoms with E-state index in [-0.39, 0.29) is 0 Å². The molecule has 0 aliphatic carbocycles. The molecule has 1 heterocycles. The largest absolute Gasteiger partial charge is 0.389 e. The second-order valence-corrected chi connectivity index (χ2v) is 5.11. The van der Waals surface area contributed by atoms with Gasteiger partial charge in [0.15, 0.2) is 0 Å². The zero-order valence-electron chi connectivity index (χ0n) is 8.70. The number of hydrogen-bond acceptors (Lipinski definition) is 3. The van der Waals surface area contributed by atoms with Crippen molar-refractivity contribution < 1.29 is 4.74 Å². The van der Waals surface area contributed by atoms with Gasteiger partial charge in [-0.25, -0.2) is 0 Å². The molecule has 3 N–H and O–H groups in total. The molecule has 0 bridgehead atoms. The fraction of sp³-hybridized carbons (Fsp3) is 0.364. The topological polar surface area (TPSA) is 47.3 Å². The first kappa shape index (κ1) is 11.8. The minimum atomic E-state index is 0.356. The van der Waals surface area contributed by atoms with E-state index in [1.54, 1.807) is 0 Å². The Morgan fingerprint density at radius 2 is 2.38 bits per heavy atom. The number of rotatable bonds is 3. The Labute approximate surface area is 108 Å². The van der Waals surface area contributed by atoms with Gasteiger partial charge in [0.25, 0.3) is 0 Å². The normalized spacial score (nSPS) is 19.7. The number of nitrogens with two attached hydrogens (primary N) is 1. The van der Waals surface area contributed by atoms with Gasteiger partial charge in [0, 0.05) is 22.3 Å². The number of anilines is 1. The van der Waals surface area contributed by atoms with Crippen LogP contribution in [-0.4, -0.2) is 24.2 Å². The van der Waals surface area contributed by atoms with Crippen LogP contribution in [0.15, 0.2) is 22.7 Å². The molecule has 1 aliphatic heterocycles. The van der Waals surface area contributed by atoms with Gasteiger partial charge in [-0.15, -0.1) is 0 Å². The van der Waals surface area contributed by atoms with E-state index in [9.17, 15) is 0 Å². The van der Waals surface area contributed by atoms with Crippen molar-refractivity contribution in [2.75, 3.05) is 18.5 Å². The summed E-state index contributed by atoms with van der Waals surface area (Å²) in [5.74, 6) is 0. The molecule has 16 heavy (non-hydrogen) atoms. The van der Waals surface area contributed by atoms with Crippen LogP contribution in [0.3, 0.4) is 0 Å². The molecule has 2 rings (SSSR count). The quantitative estimate of drug-likeness (QED) is 0.841. The third kappa shape index (κ3) is 2.72. The third-order valence-corrected chi connectivity index (χ3v) is 3.25. The second-order valence-electron chi connectivity index (χ2n) is 3.76. The van der Waals surface area contributed by atoms with E-state index in [0.717, 1.165) is 35.4 Å². The van der Waals surface area contributed by atoms with Crippen LogP contribution in [0.2, 0.25) is 0 Å². The monoisotopic (exact) mass is 300 g/mol. The van der Waals surface area contributed by atoms with Crippen LogP contribution in [0.25, 0.3) is 0 Å². The van der Waals surface area contributed by atoms with Crippen LogP contribution < -0.4 is 11.1 Å². The van der Waals surface area contributed by atoms with E-state index in [2.05, 4.69) is 21.2 Å². The number of ether oxygens (including phenoxy) is 1. The van der Waals surface area contributed by atoms with E-state index in [4.69, 9.17) is 22.7 Å². The van der Waals surface area contributed by atoms with Gasteiger partial charge in [0.1, 0.15) is 4.99 Å². The maximum Gasteiger partial charge on any atom is 0.106 e. The number of thiocarbonyl (C=S) groups is 1. The highest BCUT2D eigenvalue weighted by atomic mass is 79.9. The van der Waals surface area contributed by atoms with Crippen molar-refractivity contribution in [3.63, 3.8) is 0 Å². The molecule has 1 aromatic rings. The molecule has 1 unspecified atom stereocenters. The van der Waals surface area contributed by atoms with Gasteiger partial charge in [0.2, 0.25) is 0 Å². The molecule has 0 aromatic heterocycles. The van der Waals surface area contributed by atoms with E-state index < -0.39 is 0 Å². The molecule has 0 amide bonds. The Morgan fingerprint density at radius 3 is 3.00 bits per heavy atom. The molecule has 3 nitrogen and oxygen atoms in total. The molecule has 1 aromatic carbocycles. The molecule has 1 aliphatic rings. The smallest absolute Gasteiger partial charge is 0.106 e.